The fourth-order valence-corrected chi connectivity index (χ4v) is 2.08. The van der Waals surface area contributed by atoms with Crippen LogP contribution in [0.3, 0.4) is 0 Å². The van der Waals surface area contributed by atoms with E-state index in [2.05, 4.69) is 5.32 Å². The van der Waals surface area contributed by atoms with Gasteiger partial charge in [0.25, 0.3) is 5.56 Å². The first-order valence-electron chi connectivity index (χ1n) is 6.78. The van der Waals surface area contributed by atoms with Crippen LogP contribution in [0.2, 0.25) is 0 Å². The average Bonchev–Trinajstić information content (AvgIpc) is 2.44. The topological polar surface area (TPSA) is 77.1 Å². The molecule has 0 aliphatic heterocycles. The summed E-state index contributed by atoms with van der Waals surface area (Å²) in [5, 5.41) is 2.83. The van der Waals surface area contributed by atoms with E-state index in [1.807, 2.05) is 24.3 Å². The molecule has 1 amide bonds. The van der Waals surface area contributed by atoms with E-state index in [0.29, 0.717) is 24.2 Å². The van der Waals surface area contributed by atoms with Crippen molar-refractivity contribution >= 4 is 17.3 Å². The Morgan fingerprint density at radius 2 is 2.05 bits per heavy atom. The predicted octanol–water partition coefficient (Wildman–Crippen LogP) is 1.85. The number of carbonyl (C=O) groups is 1. The van der Waals surface area contributed by atoms with Gasteiger partial charge in [0.05, 0.1) is 5.69 Å². The molecule has 1 aromatic carbocycles. The molecule has 0 aliphatic rings. The number of nitrogen functional groups attached to an aromatic ring is 1. The number of hydrogen-bond donors (Lipinski definition) is 2. The number of pyridine rings is 1. The lowest BCUT2D eigenvalue weighted by Gasteiger charge is -2.10. The molecule has 0 spiro atoms. The summed E-state index contributed by atoms with van der Waals surface area (Å²) in [4.78, 5) is 23.5. The number of aryl methyl sites for hydroxylation is 3. The Hall–Kier alpha value is -2.56. The SMILES string of the molecule is Cc1cc(=O)n(C)cc1NC(=O)CCc1ccccc1N. The molecule has 3 N–H and O–H groups in total. The Morgan fingerprint density at radius 1 is 1.33 bits per heavy atom. The number of carbonyl (C=O) groups excluding carboxylic acids is 1. The lowest BCUT2D eigenvalue weighted by molar-refractivity contribution is -0.116. The highest BCUT2D eigenvalue weighted by atomic mass is 16.1. The quantitative estimate of drug-likeness (QED) is 0.842. The van der Waals surface area contributed by atoms with Crippen molar-refractivity contribution in [2.24, 2.45) is 7.05 Å². The maximum atomic E-state index is 12.0. The van der Waals surface area contributed by atoms with Gasteiger partial charge in [-0.25, -0.2) is 0 Å². The first kappa shape index (κ1) is 14.8. The molecule has 0 unspecified atom stereocenters. The molecule has 5 nitrogen and oxygen atoms in total. The summed E-state index contributed by atoms with van der Waals surface area (Å²) in [6, 6.07) is 9.02. The first-order chi connectivity index (χ1) is 9.97. The normalized spacial score (nSPS) is 10.4. The minimum Gasteiger partial charge on any atom is -0.399 e. The zero-order chi connectivity index (χ0) is 15.4. The lowest BCUT2D eigenvalue weighted by Crippen LogP contribution is -2.19. The van der Waals surface area contributed by atoms with Crippen LogP contribution < -0.4 is 16.6 Å². The van der Waals surface area contributed by atoms with E-state index >= 15 is 0 Å². The van der Waals surface area contributed by atoms with Crippen LogP contribution in [-0.4, -0.2) is 10.5 Å². The van der Waals surface area contributed by atoms with Crippen LogP contribution in [0.15, 0.2) is 41.3 Å². The third-order valence-electron chi connectivity index (χ3n) is 3.39. The highest BCUT2D eigenvalue weighted by molar-refractivity contribution is 5.91. The third-order valence-corrected chi connectivity index (χ3v) is 3.39. The number of nitrogens with zero attached hydrogens (tertiary/aromatic N) is 1. The Kier molecular flexibility index (Phi) is 4.42. The Labute approximate surface area is 123 Å². The van der Waals surface area contributed by atoms with Gasteiger partial charge in [0.15, 0.2) is 0 Å². The van der Waals surface area contributed by atoms with Crippen LogP contribution >= 0.6 is 0 Å². The zero-order valence-electron chi connectivity index (χ0n) is 12.2. The van der Waals surface area contributed by atoms with E-state index < -0.39 is 0 Å². The van der Waals surface area contributed by atoms with E-state index in [1.54, 1.807) is 20.2 Å². The standard InChI is InChI=1S/C16H19N3O2/c1-11-9-16(21)19(2)10-14(11)18-15(20)8-7-12-5-3-4-6-13(12)17/h3-6,9-10H,7-8,17H2,1-2H3,(H,18,20). The monoisotopic (exact) mass is 285 g/mol. The lowest BCUT2D eigenvalue weighted by atomic mass is 10.1. The van der Waals surface area contributed by atoms with Crippen molar-refractivity contribution in [3.8, 4) is 0 Å². The molecule has 110 valence electrons. The second-order valence-electron chi connectivity index (χ2n) is 5.07. The van der Waals surface area contributed by atoms with E-state index in [-0.39, 0.29) is 11.5 Å². The maximum Gasteiger partial charge on any atom is 0.250 e. The molecule has 0 aliphatic carbocycles. The van der Waals surface area contributed by atoms with Crippen molar-refractivity contribution in [1.29, 1.82) is 0 Å². The Bertz CT molecular complexity index is 720. The molecular weight excluding hydrogens is 266 g/mol. The van der Waals surface area contributed by atoms with E-state index in [4.69, 9.17) is 5.73 Å². The van der Waals surface area contributed by atoms with Gasteiger partial charge in [-0.05, 0) is 30.5 Å². The van der Waals surface area contributed by atoms with Crippen molar-refractivity contribution in [3.63, 3.8) is 0 Å². The van der Waals surface area contributed by atoms with Crippen molar-refractivity contribution < 1.29 is 4.79 Å². The van der Waals surface area contributed by atoms with Gasteiger partial charge < -0.3 is 15.6 Å². The molecule has 0 saturated heterocycles. The molecule has 2 aromatic rings. The highest BCUT2D eigenvalue weighted by Crippen LogP contribution is 2.15. The molecule has 0 bridgehead atoms. The van der Waals surface area contributed by atoms with Gasteiger partial charge in [0, 0.05) is 31.4 Å². The second kappa shape index (κ2) is 6.26. The molecule has 0 radical (unpaired) electrons. The summed E-state index contributed by atoms with van der Waals surface area (Å²) in [5.74, 6) is -0.0972. The van der Waals surface area contributed by atoms with Crippen molar-refractivity contribution in [2.75, 3.05) is 11.1 Å². The summed E-state index contributed by atoms with van der Waals surface area (Å²) in [5.41, 5.74) is 8.83. The summed E-state index contributed by atoms with van der Waals surface area (Å²) >= 11 is 0. The van der Waals surface area contributed by atoms with Gasteiger partial charge in [0.2, 0.25) is 5.91 Å². The van der Waals surface area contributed by atoms with Crippen LogP contribution in [-0.2, 0) is 18.3 Å². The molecule has 2 rings (SSSR count). The molecule has 0 saturated carbocycles. The molecule has 1 heterocycles. The summed E-state index contributed by atoms with van der Waals surface area (Å²) < 4.78 is 1.44. The molecular formula is C16H19N3O2. The van der Waals surface area contributed by atoms with Crippen molar-refractivity contribution in [3.05, 3.63) is 58.0 Å². The number of anilines is 2. The van der Waals surface area contributed by atoms with Crippen LogP contribution in [0.1, 0.15) is 17.5 Å². The molecule has 21 heavy (non-hydrogen) atoms. The fraction of sp³-hybridized carbons (Fsp3) is 0.250. The number of benzene rings is 1. The number of amides is 1. The number of para-hydroxylation sites is 1. The molecule has 1 aromatic heterocycles. The zero-order valence-corrected chi connectivity index (χ0v) is 12.2. The van der Waals surface area contributed by atoms with Gasteiger partial charge in [0.1, 0.15) is 0 Å². The first-order valence-corrected chi connectivity index (χ1v) is 6.78. The third kappa shape index (κ3) is 3.72. The van der Waals surface area contributed by atoms with E-state index in [1.165, 1.54) is 10.6 Å². The number of nitrogens with two attached hydrogens (primary N) is 1. The van der Waals surface area contributed by atoms with Crippen LogP contribution in [0.25, 0.3) is 0 Å². The van der Waals surface area contributed by atoms with Crippen LogP contribution in [0, 0.1) is 6.92 Å². The smallest absolute Gasteiger partial charge is 0.250 e. The van der Waals surface area contributed by atoms with Gasteiger partial charge in [-0.3, -0.25) is 9.59 Å². The fourth-order valence-electron chi connectivity index (χ4n) is 2.08. The number of nitrogens with one attached hydrogen (secondary N) is 1. The molecule has 0 fully saturated rings. The van der Waals surface area contributed by atoms with E-state index in [9.17, 15) is 9.59 Å². The van der Waals surface area contributed by atoms with Crippen molar-refractivity contribution in [1.82, 2.24) is 4.57 Å². The minimum atomic E-state index is -0.0972. The molecule has 5 heteroatoms. The number of aromatic nitrogens is 1. The number of rotatable bonds is 4. The van der Waals surface area contributed by atoms with Gasteiger partial charge in [-0.15, -0.1) is 0 Å². The van der Waals surface area contributed by atoms with Gasteiger partial charge in [-0.2, -0.15) is 0 Å². The summed E-state index contributed by atoms with van der Waals surface area (Å²) in [6.45, 7) is 1.80. The average molecular weight is 285 g/mol. The van der Waals surface area contributed by atoms with Gasteiger partial charge >= 0.3 is 0 Å². The minimum absolute atomic E-state index is 0.0949. The summed E-state index contributed by atoms with van der Waals surface area (Å²) in [6.07, 6.45) is 2.56. The van der Waals surface area contributed by atoms with Gasteiger partial charge in [-0.1, -0.05) is 18.2 Å². The molecule has 0 atom stereocenters. The predicted molar refractivity (Wildman–Crippen MR) is 84.2 cm³/mol. The highest BCUT2D eigenvalue weighted by Gasteiger charge is 2.08. The number of hydrogen-bond acceptors (Lipinski definition) is 3. The van der Waals surface area contributed by atoms with E-state index in [0.717, 1.165) is 11.1 Å². The summed E-state index contributed by atoms with van der Waals surface area (Å²) in [7, 11) is 1.65. The van der Waals surface area contributed by atoms with Crippen LogP contribution in [0.5, 0.6) is 0 Å². The Morgan fingerprint density at radius 3 is 2.76 bits per heavy atom. The maximum absolute atomic E-state index is 12.0. The van der Waals surface area contributed by atoms with Crippen molar-refractivity contribution in [2.45, 2.75) is 19.8 Å². The second-order valence-corrected chi connectivity index (χ2v) is 5.07. The largest absolute Gasteiger partial charge is 0.399 e. The van der Waals surface area contributed by atoms with Crippen LogP contribution in [0.4, 0.5) is 11.4 Å². The Balaban J connectivity index is 2.01.